The molecule has 0 aliphatic heterocycles. The maximum atomic E-state index is 10.8. The monoisotopic (exact) mass is 272 g/mol. The number of hydrogen-bond donors (Lipinski definition) is 0. The van der Waals surface area contributed by atoms with Crippen molar-refractivity contribution < 1.29 is 14.3 Å². The summed E-state index contributed by atoms with van der Waals surface area (Å²) in [5, 5.41) is 0. The van der Waals surface area contributed by atoms with Crippen molar-refractivity contribution in [2.45, 2.75) is 20.3 Å². The molecule has 0 saturated heterocycles. The Bertz CT molecular complexity index is 374. The van der Waals surface area contributed by atoms with Gasteiger partial charge in [-0.05, 0) is 34.5 Å². The van der Waals surface area contributed by atoms with E-state index >= 15 is 0 Å². The van der Waals surface area contributed by atoms with Gasteiger partial charge in [0.15, 0.2) is 0 Å². The number of halogens is 1. The number of benzene rings is 1. The predicted molar refractivity (Wildman–Crippen MR) is 61.4 cm³/mol. The molecule has 0 N–H and O–H groups in total. The van der Waals surface area contributed by atoms with Gasteiger partial charge in [0, 0.05) is 12.5 Å². The lowest BCUT2D eigenvalue weighted by Gasteiger charge is -2.12. The molecule has 0 aromatic heterocycles. The smallest absolute Gasteiger partial charge is 0.308 e. The average Bonchev–Trinajstić information content (AvgIpc) is 2.20. The van der Waals surface area contributed by atoms with Crippen LogP contribution >= 0.6 is 15.9 Å². The molecule has 0 unspecified atom stereocenters. The molecule has 0 fully saturated rings. The molecule has 0 atom stereocenters. The minimum atomic E-state index is -0.331. The zero-order valence-corrected chi connectivity index (χ0v) is 10.6. The average molecular weight is 273 g/mol. The molecular formula is C11H13BrO3. The number of ether oxygens (including phenoxy) is 2. The maximum Gasteiger partial charge on any atom is 0.308 e. The summed E-state index contributed by atoms with van der Waals surface area (Å²) in [5.41, 5.74) is 0.997. The standard InChI is InChI=1S/C11H13BrO3/c1-4-8-9(14-3)5-6-10(11(8)12)15-7(2)13/h5-6H,4H2,1-3H3. The zero-order chi connectivity index (χ0) is 11.4. The molecule has 4 heteroatoms. The Hall–Kier alpha value is -1.03. The van der Waals surface area contributed by atoms with Gasteiger partial charge in [0.25, 0.3) is 0 Å². The number of carbonyl (C=O) groups is 1. The molecule has 0 spiro atoms. The second-order valence-corrected chi connectivity index (χ2v) is 3.80. The summed E-state index contributed by atoms with van der Waals surface area (Å²) in [6.07, 6.45) is 0.804. The lowest BCUT2D eigenvalue weighted by Crippen LogP contribution is -2.03. The van der Waals surface area contributed by atoms with Crippen molar-refractivity contribution in [3.63, 3.8) is 0 Å². The van der Waals surface area contributed by atoms with Crippen LogP contribution in [0.4, 0.5) is 0 Å². The quantitative estimate of drug-likeness (QED) is 0.627. The van der Waals surface area contributed by atoms with Crippen LogP contribution in [0.15, 0.2) is 16.6 Å². The first kappa shape index (κ1) is 12.0. The SMILES string of the molecule is CCc1c(OC)ccc(OC(C)=O)c1Br. The van der Waals surface area contributed by atoms with Gasteiger partial charge in [-0.1, -0.05) is 6.92 Å². The Kier molecular flexibility index (Phi) is 4.15. The van der Waals surface area contributed by atoms with Crippen LogP contribution in [-0.4, -0.2) is 13.1 Å². The van der Waals surface area contributed by atoms with Crippen LogP contribution < -0.4 is 9.47 Å². The van der Waals surface area contributed by atoms with Crippen molar-refractivity contribution in [2.24, 2.45) is 0 Å². The molecular weight excluding hydrogens is 260 g/mol. The molecule has 0 saturated carbocycles. The van der Waals surface area contributed by atoms with Crippen LogP contribution in [0.5, 0.6) is 11.5 Å². The van der Waals surface area contributed by atoms with Gasteiger partial charge in [0.2, 0.25) is 0 Å². The number of carbonyl (C=O) groups excluding carboxylic acids is 1. The summed E-state index contributed by atoms with van der Waals surface area (Å²) >= 11 is 3.40. The lowest BCUT2D eigenvalue weighted by molar-refractivity contribution is -0.131. The number of methoxy groups -OCH3 is 1. The third kappa shape index (κ3) is 2.72. The molecule has 0 aliphatic rings. The first-order valence-corrected chi connectivity index (χ1v) is 5.43. The second kappa shape index (κ2) is 5.16. The van der Waals surface area contributed by atoms with Crippen molar-refractivity contribution in [1.29, 1.82) is 0 Å². The van der Waals surface area contributed by atoms with Crippen molar-refractivity contribution in [3.8, 4) is 11.5 Å². The third-order valence-electron chi connectivity index (χ3n) is 1.99. The van der Waals surface area contributed by atoms with E-state index in [0.717, 1.165) is 22.2 Å². The van der Waals surface area contributed by atoms with Gasteiger partial charge in [-0.15, -0.1) is 0 Å². The van der Waals surface area contributed by atoms with Crippen molar-refractivity contribution in [1.82, 2.24) is 0 Å². The normalized spacial score (nSPS) is 9.87. The van der Waals surface area contributed by atoms with Gasteiger partial charge in [-0.3, -0.25) is 4.79 Å². The fraction of sp³-hybridized carbons (Fsp3) is 0.364. The minimum absolute atomic E-state index is 0.331. The Morgan fingerprint density at radius 2 is 2.00 bits per heavy atom. The minimum Gasteiger partial charge on any atom is -0.496 e. The molecule has 1 aromatic rings. The fourth-order valence-electron chi connectivity index (χ4n) is 1.34. The first-order valence-electron chi connectivity index (χ1n) is 4.64. The Labute approximate surface area is 97.5 Å². The summed E-state index contributed by atoms with van der Waals surface area (Å²) in [6.45, 7) is 3.39. The summed E-state index contributed by atoms with van der Waals surface area (Å²) in [6, 6.07) is 3.51. The summed E-state index contributed by atoms with van der Waals surface area (Å²) in [5.74, 6) is 0.989. The Balaban J connectivity index is 3.16. The molecule has 0 heterocycles. The van der Waals surface area contributed by atoms with Crippen LogP contribution in [0.25, 0.3) is 0 Å². The number of rotatable bonds is 3. The zero-order valence-electron chi connectivity index (χ0n) is 8.96. The molecule has 1 aromatic carbocycles. The molecule has 82 valence electrons. The van der Waals surface area contributed by atoms with Crippen LogP contribution in [-0.2, 0) is 11.2 Å². The van der Waals surface area contributed by atoms with E-state index < -0.39 is 0 Å². The third-order valence-corrected chi connectivity index (χ3v) is 2.86. The van der Waals surface area contributed by atoms with Gasteiger partial charge in [0.05, 0.1) is 11.6 Å². The number of hydrogen-bond acceptors (Lipinski definition) is 3. The molecule has 0 aliphatic carbocycles. The highest BCUT2D eigenvalue weighted by molar-refractivity contribution is 9.10. The van der Waals surface area contributed by atoms with Crippen molar-refractivity contribution in [2.75, 3.05) is 7.11 Å². The highest BCUT2D eigenvalue weighted by atomic mass is 79.9. The second-order valence-electron chi connectivity index (χ2n) is 3.01. The Morgan fingerprint density at radius 1 is 1.40 bits per heavy atom. The van der Waals surface area contributed by atoms with Gasteiger partial charge < -0.3 is 9.47 Å². The van der Waals surface area contributed by atoms with Gasteiger partial charge in [0.1, 0.15) is 11.5 Å². The van der Waals surface area contributed by atoms with Crippen molar-refractivity contribution in [3.05, 3.63) is 22.2 Å². The van der Waals surface area contributed by atoms with Crippen LogP contribution in [0.1, 0.15) is 19.4 Å². The molecule has 3 nitrogen and oxygen atoms in total. The molecule has 15 heavy (non-hydrogen) atoms. The maximum absolute atomic E-state index is 10.8. The fourth-order valence-corrected chi connectivity index (χ4v) is 2.03. The van der Waals surface area contributed by atoms with Crippen molar-refractivity contribution >= 4 is 21.9 Å². The van der Waals surface area contributed by atoms with E-state index in [1.54, 1.807) is 19.2 Å². The Morgan fingerprint density at radius 3 is 2.47 bits per heavy atom. The molecule has 1 rings (SSSR count). The van der Waals surface area contributed by atoms with E-state index in [1.807, 2.05) is 6.92 Å². The predicted octanol–water partition coefficient (Wildman–Crippen LogP) is 2.95. The van der Waals surface area contributed by atoms with Gasteiger partial charge in [-0.25, -0.2) is 0 Å². The molecule has 0 amide bonds. The highest BCUT2D eigenvalue weighted by Gasteiger charge is 2.12. The van der Waals surface area contributed by atoms with E-state index in [9.17, 15) is 4.79 Å². The summed E-state index contributed by atoms with van der Waals surface area (Å²) in [4.78, 5) is 10.8. The lowest BCUT2D eigenvalue weighted by atomic mass is 10.1. The van der Waals surface area contributed by atoms with Crippen LogP contribution in [0, 0.1) is 0 Å². The number of esters is 1. The highest BCUT2D eigenvalue weighted by Crippen LogP contribution is 2.35. The van der Waals surface area contributed by atoms with Crippen LogP contribution in [0.3, 0.4) is 0 Å². The topological polar surface area (TPSA) is 35.5 Å². The van der Waals surface area contributed by atoms with E-state index in [4.69, 9.17) is 9.47 Å². The van der Waals surface area contributed by atoms with E-state index in [2.05, 4.69) is 15.9 Å². The van der Waals surface area contributed by atoms with E-state index in [0.29, 0.717) is 5.75 Å². The first-order chi connectivity index (χ1) is 7.10. The van der Waals surface area contributed by atoms with Crippen LogP contribution in [0.2, 0.25) is 0 Å². The van der Waals surface area contributed by atoms with Gasteiger partial charge in [-0.2, -0.15) is 0 Å². The molecule has 0 radical (unpaired) electrons. The summed E-state index contributed by atoms with van der Waals surface area (Å²) < 4.78 is 11.0. The largest absolute Gasteiger partial charge is 0.496 e. The van der Waals surface area contributed by atoms with Gasteiger partial charge >= 0.3 is 5.97 Å². The van der Waals surface area contributed by atoms with E-state index in [-0.39, 0.29) is 5.97 Å². The van der Waals surface area contributed by atoms with E-state index in [1.165, 1.54) is 6.92 Å². The summed E-state index contributed by atoms with van der Waals surface area (Å²) in [7, 11) is 1.62. The molecule has 0 bridgehead atoms.